The van der Waals surface area contributed by atoms with Gasteiger partial charge in [-0.2, -0.15) is 5.26 Å². The summed E-state index contributed by atoms with van der Waals surface area (Å²) in [5.74, 6) is 0.747. The Morgan fingerprint density at radius 2 is 2.16 bits per heavy atom. The van der Waals surface area contributed by atoms with Crippen molar-refractivity contribution in [3.8, 4) is 6.07 Å². The Balaban J connectivity index is 1.81. The predicted octanol–water partition coefficient (Wildman–Crippen LogP) is 2.81. The highest BCUT2D eigenvalue weighted by Gasteiger charge is 2.23. The third kappa shape index (κ3) is 4.23. The van der Waals surface area contributed by atoms with E-state index in [0.717, 1.165) is 25.7 Å². The van der Waals surface area contributed by atoms with E-state index in [1.54, 1.807) is 12.3 Å². The number of hydrogen-bond acceptors (Lipinski definition) is 6. The SMILES string of the molecule is N#CC1CCCC(Nc2cc(Nc3ccccn3)ncc2C(N)=O)C1. The third-order valence-electron chi connectivity index (χ3n) is 4.31. The highest BCUT2D eigenvalue weighted by molar-refractivity contribution is 5.98. The molecule has 0 aromatic carbocycles. The number of carbonyl (C=O) groups excluding carboxylic acids is 1. The van der Waals surface area contributed by atoms with Gasteiger partial charge >= 0.3 is 0 Å². The van der Waals surface area contributed by atoms with E-state index in [4.69, 9.17) is 11.0 Å². The molecule has 1 saturated carbocycles. The molecule has 25 heavy (non-hydrogen) atoms. The van der Waals surface area contributed by atoms with E-state index in [1.807, 2.05) is 18.2 Å². The normalized spacial score (nSPS) is 19.6. The fraction of sp³-hybridized carbons (Fsp3) is 0.333. The van der Waals surface area contributed by atoms with Gasteiger partial charge in [-0.3, -0.25) is 4.79 Å². The molecule has 2 atom stereocenters. The smallest absolute Gasteiger partial charge is 0.252 e. The van der Waals surface area contributed by atoms with Crippen molar-refractivity contribution in [3.63, 3.8) is 0 Å². The van der Waals surface area contributed by atoms with Crippen molar-refractivity contribution in [2.75, 3.05) is 10.6 Å². The van der Waals surface area contributed by atoms with Crippen LogP contribution < -0.4 is 16.4 Å². The van der Waals surface area contributed by atoms with Crippen molar-refractivity contribution in [3.05, 3.63) is 42.2 Å². The second-order valence-electron chi connectivity index (χ2n) is 6.15. The lowest BCUT2D eigenvalue weighted by atomic mass is 9.86. The molecule has 0 spiro atoms. The Morgan fingerprint density at radius 3 is 2.88 bits per heavy atom. The number of pyridine rings is 2. The summed E-state index contributed by atoms with van der Waals surface area (Å²) in [5.41, 5.74) is 6.44. The zero-order valence-electron chi connectivity index (χ0n) is 13.8. The third-order valence-corrected chi connectivity index (χ3v) is 4.31. The van der Waals surface area contributed by atoms with E-state index in [-0.39, 0.29) is 12.0 Å². The van der Waals surface area contributed by atoms with Gasteiger partial charge in [0, 0.05) is 30.4 Å². The molecule has 4 N–H and O–H groups in total. The van der Waals surface area contributed by atoms with Crippen LogP contribution in [-0.4, -0.2) is 21.9 Å². The number of nitrogens with two attached hydrogens (primary N) is 1. The number of nitriles is 1. The number of anilines is 3. The molecule has 2 aromatic heterocycles. The quantitative estimate of drug-likeness (QED) is 0.773. The first kappa shape index (κ1) is 16.7. The summed E-state index contributed by atoms with van der Waals surface area (Å²) in [5, 5.41) is 15.6. The molecule has 1 amide bonds. The molecule has 0 radical (unpaired) electrons. The van der Waals surface area contributed by atoms with Crippen LogP contribution >= 0.6 is 0 Å². The van der Waals surface area contributed by atoms with Crippen molar-refractivity contribution in [1.82, 2.24) is 9.97 Å². The number of hydrogen-bond donors (Lipinski definition) is 3. The number of rotatable bonds is 5. The lowest BCUT2D eigenvalue weighted by molar-refractivity contribution is 0.100. The summed E-state index contributed by atoms with van der Waals surface area (Å²) in [7, 11) is 0. The molecule has 7 nitrogen and oxygen atoms in total. The van der Waals surface area contributed by atoms with Crippen molar-refractivity contribution < 1.29 is 4.79 Å². The molecular weight excluding hydrogens is 316 g/mol. The van der Waals surface area contributed by atoms with Crippen LogP contribution in [0.25, 0.3) is 0 Å². The maximum atomic E-state index is 11.7. The fourth-order valence-corrected chi connectivity index (χ4v) is 3.07. The monoisotopic (exact) mass is 336 g/mol. The maximum absolute atomic E-state index is 11.7. The molecule has 0 bridgehead atoms. The molecule has 1 aliphatic carbocycles. The van der Waals surface area contributed by atoms with Gasteiger partial charge in [-0.25, -0.2) is 9.97 Å². The van der Waals surface area contributed by atoms with Gasteiger partial charge in [-0.1, -0.05) is 12.5 Å². The van der Waals surface area contributed by atoms with E-state index in [2.05, 4.69) is 26.7 Å². The Morgan fingerprint density at radius 1 is 1.28 bits per heavy atom. The minimum atomic E-state index is -0.535. The average Bonchev–Trinajstić information content (AvgIpc) is 2.63. The number of primary amides is 1. The van der Waals surface area contributed by atoms with E-state index in [9.17, 15) is 4.79 Å². The van der Waals surface area contributed by atoms with Gasteiger partial charge in [0.25, 0.3) is 5.91 Å². The minimum Gasteiger partial charge on any atom is -0.381 e. The summed E-state index contributed by atoms with van der Waals surface area (Å²) < 4.78 is 0. The summed E-state index contributed by atoms with van der Waals surface area (Å²) in [4.78, 5) is 20.1. The van der Waals surface area contributed by atoms with Crippen molar-refractivity contribution >= 4 is 23.2 Å². The Hall–Kier alpha value is -3.14. The van der Waals surface area contributed by atoms with Gasteiger partial charge in [-0.05, 0) is 31.4 Å². The lowest BCUT2D eigenvalue weighted by Crippen LogP contribution is -2.28. The molecule has 0 aliphatic heterocycles. The van der Waals surface area contributed by atoms with Gasteiger partial charge in [0.05, 0.1) is 17.3 Å². The van der Waals surface area contributed by atoms with Crippen LogP contribution in [0.4, 0.5) is 17.3 Å². The van der Waals surface area contributed by atoms with Crippen molar-refractivity contribution in [2.45, 2.75) is 31.7 Å². The summed E-state index contributed by atoms with van der Waals surface area (Å²) in [6.45, 7) is 0. The molecule has 3 rings (SSSR count). The first-order valence-electron chi connectivity index (χ1n) is 8.30. The predicted molar refractivity (Wildman–Crippen MR) is 95.3 cm³/mol. The van der Waals surface area contributed by atoms with Gasteiger partial charge in [0.15, 0.2) is 0 Å². The number of amides is 1. The highest BCUT2D eigenvalue weighted by Crippen LogP contribution is 2.28. The Kier molecular flexibility index (Phi) is 5.09. The van der Waals surface area contributed by atoms with Crippen molar-refractivity contribution in [2.24, 2.45) is 11.7 Å². The number of aromatic nitrogens is 2. The van der Waals surface area contributed by atoms with Crippen LogP contribution in [0.3, 0.4) is 0 Å². The van der Waals surface area contributed by atoms with Crippen LogP contribution in [0.5, 0.6) is 0 Å². The van der Waals surface area contributed by atoms with Gasteiger partial charge in [-0.15, -0.1) is 0 Å². The topological polar surface area (TPSA) is 117 Å². The largest absolute Gasteiger partial charge is 0.381 e. The van der Waals surface area contributed by atoms with Gasteiger partial charge < -0.3 is 16.4 Å². The summed E-state index contributed by atoms with van der Waals surface area (Å²) >= 11 is 0. The Labute approximate surface area is 146 Å². The summed E-state index contributed by atoms with van der Waals surface area (Å²) in [6, 6.07) is 9.76. The van der Waals surface area contributed by atoms with Crippen LogP contribution in [0.1, 0.15) is 36.0 Å². The molecule has 1 fully saturated rings. The Bertz CT molecular complexity index is 786. The molecule has 7 heteroatoms. The molecule has 0 saturated heterocycles. The van der Waals surface area contributed by atoms with Crippen LogP contribution in [0, 0.1) is 17.2 Å². The standard InChI is InChI=1S/C18H20N6O/c19-10-12-4-3-5-13(8-12)23-15-9-17(22-11-14(15)18(20)25)24-16-6-1-2-7-21-16/h1-2,6-7,9,11-13H,3-5,8H2,(H2,20,25)(H2,21,22,23,24). The number of nitrogens with zero attached hydrogens (tertiary/aromatic N) is 3. The van der Waals surface area contributed by atoms with Crippen LogP contribution in [0.15, 0.2) is 36.7 Å². The second kappa shape index (κ2) is 7.62. The van der Waals surface area contributed by atoms with Crippen LogP contribution in [0.2, 0.25) is 0 Å². The molecule has 2 unspecified atom stereocenters. The number of nitrogens with one attached hydrogen (secondary N) is 2. The average molecular weight is 336 g/mol. The summed E-state index contributed by atoms with van der Waals surface area (Å²) in [6.07, 6.45) is 6.79. The first-order valence-corrected chi connectivity index (χ1v) is 8.30. The van der Waals surface area contributed by atoms with Gasteiger partial charge in [0.1, 0.15) is 11.6 Å². The van der Waals surface area contributed by atoms with E-state index in [0.29, 0.717) is 22.9 Å². The molecule has 2 aromatic rings. The zero-order chi connectivity index (χ0) is 17.6. The van der Waals surface area contributed by atoms with E-state index < -0.39 is 5.91 Å². The molecule has 128 valence electrons. The maximum Gasteiger partial charge on any atom is 0.252 e. The molecule has 1 aliphatic rings. The lowest BCUT2D eigenvalue weighted by Gasteiger charge is -2.27. The van der Waals surface area contributed by atoms with E-state index in [1.165, 1.54) is 6.20 Å². The van der Waals surface area contributed by atoms with E-state index >= 15 is 0 Å². The molecule has 2 heterocycles. The minimum absolute atomic E-state index is 0.0521. The first-order chi connectivity index (χ1) is 12.2. The van der Waals surface area contributed by atoms with Crippen molar-refractivity contribution in [1.29, 1.82) is 5.26 Å². The molecular formula is C18H20N6O. The zero-order valence-corrected chi connectivity index (χ0v) is 13.8. The van der Waals surface area contributed by atoms with Gasteiger partial charge in [0.2, 0.25) is 0 Å². The van der Waals surface area contributed by atoms with Crippen LogP contribution in [-0.2, 0) is 0 Å². The number of carbonyl (C=O) groups is 1. The fourth-order valence-electron chi connectivity index (χ4n) is 3.07. The second-order valence-corrected chi connectivity index (χ2v) is 6.15. The highest BCUT2D eigenvalue weighted by atomic mass is 16.1.